The van der Waals surface area contributed by atoms with E-state index in [4.69, 9.17) is 15.5 Å². The van der Waals surface area contributed by atoms with Gasteiger partial charge in [-0.1, -0.05) is 20.8 Å². The molecule has 2 aromatic rings. The molecule has 0 amide bonds. The molecular weight excluding hydrogens is 266 g/mol. The third kappa shape index (κ3) is 2.50. The van der Waals surface area contributed by atoms with Crippen molar-refractivity contribution in [1.82, 2.24) is 19.3 Å². The van der Waals surface area contributed by atoms with Gasteiger partial charge in [-0.25, -0.2) is 9.67 Å². The fraction of sp³-hybridized carbons (Fsp3) is 0.600. The molecule has 0 radical (unpaired) electrons. The predicted molar refractivity (Wildman–Crippen MR) is 84.5 cm³/mol. The van der Waals surface area contributed by atoms with Crippen molar-refractivity contribution in [3.8, 4) is 17.1 Å². The lowest BCUT2D eigenvalue weighted by Gasteiger charge is -2.10. The minimum Gasteiger partial charge on any atom is -0.481 e. The molecule has 0 aromatic carbocycles. The van der Waals surface area contributed by atoms with Crippen LogP contribution in [0.4, 0.5) is 5.82 Å². The summed E-state index contributed by atoms with van der Waals surface area (Å²) < 4.78 is 9.29. The zero-order valence-corrected chi connectivity index (χ0v) is 13.8. The number of hydrogen-bond acceptors (Lipinski definition) is 4. The maximum absolute atomic E-state index is 6.37. The molecule has 0 saturated heterocycles. The van der Waals surface area contributed by atoms with Gasteiger partial charge in [0.1, 0.15) is 17.3 Å². The van der Waals surface area contributed by atoms with Crippen LogP contribution >= 0.6 is 0 Å². The van der Waals surface area contributed by atoms with Gasteiger partial charge in [0, 0.05) is 19.5 Å². The molecule has 2 heterocycles. The first-order chi connectivity index (χ1) is 9.92. The Bertz CT molecular complexity index is 639. The molecule has 116 valence electrons. The quantitative estimate of drug-likeness (QED) is 0.919. The molecule has 0 bridgehead atoms. The predicted octanol–water partition coefficient (Wildman–Crippen LogP) is 2.72. The maximum Gasteiger partial charge on any atom is 0.221 e. The topological polar surface area (TPSA) is 70.9 Å². The highest BCUT2D eigenvalue weighted by Crippen LogP contribution is 2.37. The average molecular weight is 291 g/mol. The van der Waals surface area contributed by atoms with Crippen molar-refractivity contribution in [2.24, 2.45) is 7.05 Å². The van der Waals surface area contributed by atoms with Crippen LogP contribution in [0.3, 0.4) is 0 Å². The van der Waals surface area contributed by atoms with E-state index in [9.17, 15) is 0 Å². The molecule has 2 rings (SSSR count). The molecule has 0 aliphatic rings. The van der Waals surface area contributed by atoms with E-state index in [0.717, 1.165) is 35.7 Å². The summed E-state index contributed by atoms with van der Waals surface area (Å²) in [4.78, 5) is 4.79. The van der Waals surface area contributed by atoms with E-state index in [1.165, 1.54) is 0 Å². The van der Waals surface area contributed by atoms with Crippen molar-refractivity contribution in [3.63, 3.8) is 0 Å². The third-order valence-electron chi connectivity index (χ3n) is 3.60. The molecule has 0 spiro atoms. The van der Waals surface area contributed by atoms with Gasteiger partial charge >= 0.3 is 0 Å². The molecular formula is C15H25N5O. The standard InChI is InChI=1S/C15H25N5O/c1-7-8-20-13(16)12(17-14(20)9(2)3)11-10(4)18-19(5)15(11)21-6/h9H,7-8,16H2,1-6H3. The zero-order valence-electron chi connectivity index (χ0n) is 13.8. The smallest absolute Gasteiger partial charge is 0.221 e. The Morgan fingerprint density at radius 2 is 2.00 bits per heavy atom. The SMILES string of the molecule is CCCn1c(C(C)C)nc(-c2c(C)nn(C)c2OC)c1N. The van der Waals surface area contributed by atoms with Crippen LogP contribution < -0.4 is 10.5 Å². The molecule has 0 fully saturated rings. The summed E-state index contributed by atoms with van der Waals surface area (Å²) in [5.41, 5.74) is 8.90. The van der Waals surface area contributed by atoms with Gasteiger partial charge in [-0.15, -0.1) is 0 Å². The third-order valence-corrected chi connectivity index (χ3v) is 3.60. The van der Waals surface area contributed by atoms with Gasteiger partial charge < -0.3 is 15.0 Å². The molecule has 21 heavy (non-hydrogen) atoms. The molecule has 0 atom stereocenters. The van der Waals surface area contributed by atoms with Crippen LogP contribution in [0, 0.1) is 6.92 Å². The minimum atomic E-state index is 0.315. The number of nitrogens with two attached hydrogens (primary N) is 1. The zero-order chi connectivity index (χ0) is 15.7. The number of aryl methyl sites for hydroxylation is 2. The largest absolute Gasteiger partial charge is 0.481 e. The van der Waals surface area contributed by atoms with Crippen LogP contribution in [0.5, 0.6) is 5.88 Å². The highest BCUT2D eigenvalue weighted by atomic mass is 16.5. The lowest BCUT2D eigenvalue weighted by Crippen LogP contribution is -2.08. The molecule has 0 unspecified atom stereocenters. The Kier molecular flexibility index (Phi) is 4.25. The minimum absolute atomic E-state index is 0.315. The van der Waals surface area contributed by atoms with Crippen molar-refractivity contribution < 1.29 is 4.74 Å². The van der Waals surface area contributed by atoms with Gasteiger partial charge in [-0.3, -0.25) is 0 Å². The van der Waals surface area contributed by atoms with E-state index in [1.54, 1.807) is 11.8 Å². The Labute approximate surface area is 125 Å². The Hall–Kier alpha value is -1.98. The number of rotatable bonds is 5. The first-order valence-corrected chi connectivity index (χ1v) is 7.36. The van der Waals surface area contributed by atoms with Crippen molar-refractivity contribution in [2.45, 2.75) is 46.6 Å². The number of aromatic nitrogens is 4. The molecule has 0 saturated carbocycles. The fourth-order valence-electron chi connectivity index (χ4n) is 2.71. The van der Waals surface area contributed by atoms with E-state index in [-0.39, 0.29) is 0 Å². The van der Waals surface area contributed by atoms with E-state index < -0.39 is 0 Å². The van der Waals surface area contributed by atoms with E-state index in [2.05, 4.69) is 30.4 Å². The van der Waals surface area contributed by atoms with Crippen molar-refractivity contribution >= 4 is 5.82 Å². The van der Waals surface area contributed by atoms with Gasteiger partial charge in [0.05, 0.1) is 18.4 Å². The van der Waals surface area contributed by atoms with Gasteiger partial charge in [-0.05, 0) is 13.3 Å². The lowest BCUT2D eigenvalue weighted by molar-refractivity contribution is 0.374. The fourth-order valence-corrected chi connectivity index (χ4v) is 2.71. The first kappa shape index (κ1) is 15.4. The van der Waals surface area contributed by atoms with Crippen LogP contribution in [-0.4, -0.2) is 26.4 Å². The van der Waals surface area contributed by atoms with Crippen molar-refractivity contribution in [2.75, 3.05) is 12.8 Å². The van der Waals surface area contributed by atoms with Gasteiger partial charge in [-0.2, -0.15) is 5.10 Å². The molecule has 6 heteroatoms. The Balaban J connectivity index is 2.68. The number of imidazole rings is 1. The number of methoxy groups -OCH3 is 1. The summed E-state index contributed by atoms with van der Waals surface area (Å²) in [7, 11) is 3.50. The number of nitrogens with zero attached hydrogens (tertiary/aromatic N) is 4. The Morgan fingerprint density at radius 1 is 1.33 bits per heavy atom. The van der Waals surface area contributed by atoms with E-state index in [1.807, 2.05) is 14.0 Å². The first-order valence-electron chi connectivity index (χ1n) is 7.36. The highest BCUT2D eigenvalue weighted by Gasteiger charge is 2.24. The summed E-state index contributed by atoms with van der Waals surface area (Å²) >= 11 is 0. The second-order valence-electron chi connectivity index (χ2n) is 5.60. The molecule has 0 aliphatic heterocycles. The normalized spacial score (nSPS) is 11.4. The molecule has 2 aromatic heterocycles. The lowest BCUT2D eigenvalue weighted by atomic mass is 10.2. The number of anilines is 1. The van der Waals surface area contributed by atoms with Gasteiger partial charge in [0.25, 0.3) is 0 Å². The van der Waals surface area contributed by atoms with E-state index in [0.29, 0.717) is 17.6 Å². The van der Waals surface area contributed by atoms with Crippen LogP contribution in [0.1, 0.15) is 44.6 Å². The average Bonchev–Trinajstić information content (AvgIpc) is 2.88. The summed E-state index contributed by atoms with van der Waals surface area (Å²) in [6, 6.07) is 0. The number of hydrogen-bond donors (Lipinski definition) is 1. The summed E-state index contributed by atoms with van der Waals surface area (Å²) in [6.45, 7) is 9.22. The Morgan fingerprint density at radius 3 is 2.52 bits per heavy atom. The van der Waals surface area contributed by atoms with Gasteiger partial charge in [0.2, 0.25) is 5.88 Å². The summed E-state index contributed by atoms with van der Waals surface area (Å²) in [5.74, 6) is 2.70. The molecule has 0 aliphatic carbocycles. The highest BCUT2D eigenvalue weighted by molar-refractivity contribution is 5.77. The monoisotopic (exact) mass is 291 g/mol. The second-order valence-corrected chi connectivity index (χ2v) is 5.60. The summed E-state index contributed by atoms with van der Waals surface area (Å²) in [6.07, 6.45) is 1.02. The van der Waals surface area contributed by atoms with E-state index >= 15 is 0 Å². The van der Waals surface area contributed by atoms with Crippen LogP contribution in [0.2, 0.25) is 0 Å². The van der Waals surface area contributed by atoms with Crippen LogP contribution in [-0.2, 0) is 13.6 Å². The number of ether oxygens (including phenoxy) is 1. The summed E-state index contributed by atoms with van der Waals surface area (Å²) in [5, 5.41) is 4.42. The van der Waals surface area contributed by atoms with Crippen LogP contribution in [0.25, 0.3) is 11.3 Å². The molecule has 2 N–H and O–H groups in total. The van der Waals surface area contributed by atoms with Gasteiger partial charge in [0.15, 0.2) is 0 Å². The second kappa shape index (κ2) is 5.79. The van der Waals surface area contributed by atoms with Crippen molar-refractivity contribution in [1.29, 1.82) is 0 Å². The molecule has 6 nitrogen and oxygen atoms in total. The maximum atomic E-state index is 6.37. The van der Waals surface area contributed by atoms with Crippen LogP contribution in [0.15, 0.2) is 0 Å². The number of nitrogen functional groups attached to an aromatic ring is 1. The van der Waals surface area contributed by atoms with Crippen molar-refractivity contribution in [3.05, 3.63) is 11.5 Å².